The third kappa shape index (κ3) is 27.0. The van der Waals surface area contributed by atoms with Gasteiger partial charge >= 0.3 is 5.97 Å². The fraction of sp³-hybridized carbons (Fsp3) is 0.538. The largest absolute Gasteiger partial charge is 0.465 e. The molecule has 4 aliphatic rings. The number of carbonyl (C=O) groups excluding carboxylic acids is 6. The van der Waals surface area contributed by atoms with E-state index in [1.165, 1.54) is 136 Å². The highest BCUT2D eigenvalue weighted by atomic mass is 32.2. The van der Waals surface area contributed by atoms with E-state index in [2.05, 4.69) is 50.9 Å². The molecule has 4 heterocycles. The number of benzene rings is 4. The minimum atomic E-state index is -3.40. The van der Waals surface area contributed by atoms with Gasteiger partial charge in [0.15, 0.2) is 9.84 Å². The molecule has 5 N–H and O–H groups in total. The standard InChI is InChI=1S/C17H25N3O2.C17H24N2O3.C16H24N2O3S.C15H22N2O/c1-14(21)19-16-8-5-7-15(13-16)17(22)18-9-6-12-20-10-3-2-4-11-20;1-22-17(21)15-8-5-7-14(13-15)16(20)18-9-6-12-19-10-3-2-4-11-19;1-22(20,21)15-9-4-3-8-14(15)16(19)17-10-7-13-18-11-5-2-6-12-18;18-15(14-8-3-1-4-9-14)16-10-7-13-17-11-5-2-6-12-17/h5,7-8,13H,2-4,6,9-12H2,1H3,(H,18,22)(H,19,21);5,7-8,13H,2-4,6,9-12H2,1H3,(H,18,20);3-4,8-9H,2,5-7,10-13H2,1H3,(H,17,19);1,3-4,8-9H,2,5-7,10-13H2,(H,16,18). The lowest BCUT2D eigenvalue weighted by molar-refractivity contribution is -0.114. The maximum Gasteiger partial charge on any atom is 0.337 e. The molecule has 5 amide bonds. The predicted molar refractivity (Wildman–Crippen MR) is 333 cm³/mol. The van der Waals surface area contributed by atoms with Crippen LogP contribution in [0.3, 0.4) is 0 Å². The molecule has 460 valence electrons. The van der Waals surface area contributed by atoms with Gasteiger partial charge in [-0.25, -0.2) is 13.2 Å². The highest BCUT2D eigenvalue weighted by molar-refractivity contribution is 7.90. The minimum absolute atomic E-state index is 0.0363. The van der Waals surface area contributed by atoms with Gasteiger partial charge in [0.1, 0.15) is 0 Å². The van der Waals surface area contributed by atoms with Crippen molar-refractivity contribution in [3.05, 3.63) is 131 Å². The summed E-state index contributed by atoms with van der Waals surface area (Å²) in [6.45, 7) is 17.7. The quantitative estimate of drug-likeness (QED) is 0.0349. The Morgan fingerprint density at radius 1 is 0.429 bits per heavy atom. The van der Waals surface area contributed by atoms with Crippen molar-refractivity contribution in [1.29, 1.82) is 0 Å². The lowest BCUT2D eigenvalue weighted by Gasteiger charge is -2.26. The first-order valence-corrected chi connectivity index (χ1v) is 32.5. The monoisotopic (exact) mass is 1180 g/mol. The molecule has 0 saturated carbocycles. The predicted octanol–water partition coefficient (Wildman–Crippen LogP) is 8.32. The molecule has 84 heavy (non-hydrogen) atoms. The molecule has 0 aromatic heterocycles. The first-order valence-electron chi connectivity index (χ1n) is 30.6. The number of amides is 5. The van der Waals surface area contributed by atoms with Gasteiger partial charge < -0.3 is 50.9 Å². The molecule has 18 nitrogen and oxygen atoms in total. The summed E-state index contributed by atoms with van der Waals surface area (Å²) in [4.78, 5) is 80.5. The first kappa shape index (κ1) is 68.3. The van der Waals surface area contributed by atoms with E-state index in [-0.39, 0.29) is 40.0 Å². The number of piperidine rings is 4. The summed E-state index contributed by atoms with van der Waals surface area (Å²) in [6.07, 6.45) is 20.7. The van der Waals surface area contributed by atoms with Crippen molar-refractivity contribution in [2.24, 2.45) is 0 Å². The second kappa shape index (κ2) is 39.2. The maximum atomic E-state index is 12.2. The lowest BCUT2D eigenvalue weighted by atomic mass is 10.1. The topological polar surface area (TPSA) is 219 Å². The molecule has 4 aromatic rings. The van der Waals surface area contributed by atoms with E-state index in [0.29, 0.717) is 42.0 Å². The second-order valence-corrected chi connectivity index (χ2v) is 24.0. The molecule has 8 rings (SSSR count). The normalized spacial score (nSPS) is 15.8. The summed E-state index contributed by atoms with van der Waals surface area (Å²) in [6, 6.07) is 29.3. The number of sulfone groups is 1. The first-order chi connectivity index (χ1) is 40.7. The van der Waals surface area contributed by atoms with Gasteiger partial charge in [-0.2, -0.15) is 0 Å². The SMILES string of the molecule is CC(=O)Nc1cccc(C(=O)NCCCN2CCCCC2)c1.COC(=O)c1cccc(C(=O)NCCCN2CCCCC2)c1.CS(=O)(=O)c1ccccc1C(=O)NCCCN1CCCCC1.O=C(NCCCN1CCCCC1)c1ccccc1. The molecule has 0 aliphatic carbocycles. The van der Waals surface area contributed by atoms with Crippen molar-refractivity contribution in [1.82, 2.24) is 40.9 Å². The fourth-order valence-electron chi connectivity index (χ4n) is 10.6. The number of ether oxygens (including phenoxy) is 1. The third-order valence-electron chi connectivity index (χ3n) is 15.1. The molecular weight excluding hydrogens is 1080 g/mol. The van der Waals surface area contributed by atoms with Crippen LogP contribution in [0.5, 0.6) is 0 Å². The summed E-state index contributed by atoms with van der Waals surface area (Å²) in [5.41, 5.74) is 3.07. The van der Waals surface area contributed by atoms with Crippen LogP contribution in [0.25, 0.3) is 0 Å². The molecule has 0 atom stereocenters. The van der Waals surface area contributed by atoms with Gasteiger partial charge in [-0.05, 0) is 216 Å². The van der Waals surface area contributed by atoms with Crippen molar-refractivity contribution >= 4 is 51.0 Å². The molecule has 4 aromatic carbocycles. The third-order valence-corrected chi connectivity index (χ3v) is 16.3. The number of hydrogen-bond donors (Lipinski definition) is 5. The Balaban J connectivity index is 0.000000205. The summed E-state index contributed by atoms with van der Waals surface area (Å²) < 4.78 is 28.1. The number of rotatable bonds is 23. The average molecular weight is 1180 g/mol. The van der Waals surface area contributed by atoms with Crippen molar-refractivity contribution in [2.45, 2.75) is 115 Å². The van der Waals surface area contributed by atoms with Crippen LogP contribution in [0.15, 0.2) is 108 Å². The van der Waals surface area contributed by atoms with E-state index in [1.54, 1.807) is 66.7 Å². The van der Waals surface area contributed by atoms with Gasteiger partial charge in [0.2, 0.25) is 5.91 Å². The summed E-state index contributed by atoms with van der Waals surface area (Å²) in [7, 11) is -2.07. The van der Waals surface area contributed by atoms with Crippen LogP contribution in [0.4, 0.5) is 5.69 Å². The van der Waals surface area contributed by atoms with Gasteiger partial charge in [-0.15, -0.1) is 0 Å². The van der Waals surface area contributed by atoms with Gasteiger partial charge in [0.05, 0.1) is 23.1 Å². The molecule has 4 aliphatic heterocycles. The summed E-state index contributed by atoms with van der Waals surface area (Å²) in [5, 5.41) is 14.3. The molecule has 0 unspecified atom stereocenters. The Morgan fingerprint density at radius 2 is 0.786 bits per heavy atom. The Morgan fingerprint density at radius 3 is 1.20 bits per heavy atom. The Labute approximate surface area is 500 Å². The van der Waals surface area contributed by atoms with Crippen molar-refractivity contribution in [3.8, 4) is 0 Å². The fourth-order valence-corrected chi connectivity index (χ4v) is 11.5. The van der Waals surface area contributed by atoms with Crippen LogP contribution in [-0.4, -0.2) is 182 Å². The van der Waals surface area contributed by atoms with Gasteiger partial charge in [-0.3, -0.25) is 24.0 Å². The van der Waals surface area contributed by atoms with Crippen LogP contribution in [0.1, 0.15) is 161 Å². The van der Waals surface area contributed by atoms with Crippen LogP contribution in [0, 0.1) is 0 Å². The Hall–Kier alpha value is -6.51. The van der Waals surface area contributed by atoms with Crippen LogP contribution >= 0.6 is 0 Å². The van der Waals surface area contributed by atoms with E-state index in [1.807, 2.05) is 30.3 Å². The number of likely N-dealkylation sites (tertiary alicyclic amines) is 4. The molecule has 0 spiro atoms. The van der Waals surface area contributed by atoms with Crippen LogP contribution in [0.2, 0.25) is 0 Å². The molecule has 4 saturated heterocycles. The minimum Gasteiger partial charge on any atom is -0.465 e. The van der Waals surface area contributed by atoms with Crippen molar-refractivity contribution < 1.29 is 41.9 Å². The van der Waals surface area contributed by atoms with E-state index < -0.39 is 15.8 Å². The van der Waals surface area contributed by atoms with Gasteiger partial charge in [0, 0.05) is 61.7 Å². The second-order valence-electron chi connectivity index (χ2n) is 22.0. The average Bonchev–Trinajstić information content (AvgIpc) is 3.73. The highest BCUT2D eigenvalue weighted by Crippen LogP contribution is 2.17. The highest BCUT2D eigenvalue weighted by Gasteiger charge is 2.19. The number of carbonyl (C=O) groups is 6. The van der Waals surface area contributed by atoms with E-state index >= 15 is 0 Å². The smallest absolute Gasteiger partial charge is 0.337 e. The zero-order valence-corrected chi connectivity index (χ0v) is 51.1. The van der Waals surface area contributed by atoms with Crippen molar-refractivity contribution in [2.75, 3.05) is 123 Å². The van der Waals surface area contributed by atoms with Crippen LogP contribution in [-0.2, 0) is 19.4 Å². The molecule has 0 radical (unpaired) electrons. The number of esters is 1. The Bertz CT molecular complexity index is 2720. The number of hydrogen-bond acceptors (Lipinski definition) is 13. The summed E-state index contributed by atoms with van der Waals surface area (Å²) >= 11 is 0. The molecular formula is C65H95N9O9S. The number of nitrogens with zero attached hydrogens (tertiary/aromatic N) is 4. The Kier molecular flexibility index (Phi) is 31.8. The zero-order valence-electron chi connectivity index (χ0n) is 50.3. The maximum absolute atomic E-state index is 12.2. The van der Waals surface area contributed by atoms with Crippen molar-refractivity contribution in [3.63, 3.8) is 0 Å². The number of anilines is 1. The zero-order chi connectivity index (χ0) is 60.2. The van der Waals surface area contributed by atoms with Crippen LogP contribution < -0.4 is 26.6 Å². The van der Waals surface area contributed by atoms with E-state index in [9.17, 15) is 37.2 Å². The van der Waals surface area contributed by atoms with Gasteiger partial charge in [-0.1, -0.05) is 68.1 Å². The number of nitrogens with one attached hydrogen (secondary N) is 5. The lowest BCUT2D eigenvalue weighted by Crippen LogP contribution is -2.33. The molecule has 4 fully saturated rings. The van der Waals surface area contributed by atoms with Gasteiger partial charge in [0.25, 0.3) is 23.6 Å². The van der Waals surface area contributed by atoms with E-state index in [0.717, 1.165) is 83.3 Å². The number of methoxy groups -OCH3 is 1. The molecule has 19 heteroatoms. The molecule has 0 bridgehead atoms. The van der Waals surface area contributed by atoms with E-state index in [4.69, 9.17) is 0 Å². The summed E-state index contributed by atoms with van der Waals surface area (Å²) in [5.74, 6) is -1.09.